The number of para-hydroxylation sites is 1. The second kappa shape index (κ2) is 5.99. The molecule has 0 bridgehead atoms. The van der Waals surface area contributed by atoms with Crippen molar-refractivity contribution in [2.75, 3.05) is 12.4 Å². The fourth-order valence-electron chi connectivity index (χ4n) is 1.74. The van der Waals surface area contributed by atoms with Crippen LogP contribution in [0.4, 0.5) is 19.0 Å². The SMILES string of the molecule is CCc1ccccc1Oc1cc(NC)nc(C(F)(F)F)n1. The predicted octanol–water partition coefficient (Wildman–Crippen LogP) is 3.89. The van der Waals surface area contributed by atoms with E-state index >= 15 is 0 Å². The summed E-state index contributed by atoms with van der Waals surface area (Å²) in [6.45, 7) is 1.93. The maximum atomic E-state index is 12.8. The Hall–Kier alpha value is -2.31. The average molecular weight is 297 g/mol. The van der Waals surface area contributed by atoms with Gasteiger partial charge in [-0.1, -0.05) is 25.1 Å². The topological polar surface area (TPSA) is 47.0 Å². The molecule has 112 valence electrons. The lowest BCUT2D eigenvalue weighted by Crippen LogP contribution is -2.13. The average Bonchev–Trinajstić information content (AvgIpc) is 2.46. The molecule has 2 aromatic rings. The Balaban J connectivity index is 2.39. The van der Waals surface area contributed by atoms with Crippen molar-refractivity contribution >= 4 is 5.82 Å². The van der Waals surface area contributed by atoms with E-state index in [-0.39, 0.29) is 11.7 Å². The second-order valence-electron chi connectivity index (χ2n) is 4.23. The number of aromatic nitrogens is 2. The molecular formula is C14H14F3N3O. The molecule has 7 heteroatoms. The first kappa shape index (κ1) is 15.1. The van der Waals surface area contributed by atoms with Gasteiger partial charge in [0.25, 0.3) is 0 Å². The van der Waals surface area contributed by atoms with E-state index in [4.69, 9.17) is 4.74 Å². The molecule has 1 aromatic heterocycles. The Bertz CT molecular complexity index is 629. The van der Waals surface area contributed by atoms with Crippen LogP contribution in [0.1, 0.15) is 18.3 Å². The lowest BCUT2D eigenvalue weighted by molar-refractivity contribution is -0.145. The molecule has 0 saturated carbocycles. The summed E-state index contributed by atoms with van der Waals surface area (Å²) in [5.74, 6) is -0.865. The molecule has 0 spiro atoms. The smallest absolute Gasteiger partial charge is 0.439 e. The number of nitrogens with zero attached hydrogens (tertiary/aromatic N) is 2. The van der Waals surface area contributed by atoms with E-state index < -0.39 is 12.0 Å². The number of rotatable bonds is 4. The molecule has 0 aliphatic heterocycles. The summed E-state index contributed by atoms with van der Waals surface area (Å²) >= 11 is 0. The van der Waals surface area contributed by atoms with E-state index in [0.29, 0.717) is 12.2 Å². The largest absolute Gasteiger partial charge is 0.451 e. The highest BCUT2D eigenvalue weighted by molar-refractivity contribution is 5.41. The number of hydrogen-bond acceptors (Lipinski definition) is 4. The number of nitrogens with one attached hydrogen (secondary N) is 1. The number of benzene rings is 1. The third-order valence-corrected chi connectivity index (χ3v) is 2.78. The summed E-state index contributed by atoms with van der Waals surface area (Å²) in [5, 5.41) is 2.56. The summed E-state index contributed by atoms with van der Waals surface area (Å²) in [6, 6.07) is 8.44. The second-order valence-corrected chi connectivity index (χ2v) is 4.23. The molecule has 2 rings (SSSR count). The number of hydrogen-bond donors (Lipinski definition) is 1. The van der Waals surface area contributed by atoms with Crippen molar-refractivity contribution in [3.8, 4) is 11.6 Å². The third-order valence-electron chi connectivity index (χ3n) is 2.78. The molecule has 0 fully saturated rings. The number of anilines is 1. The van der Waals surface area contributed by atoms with E-state index in [9.17, 15) is 13.2 Å². The zero-order valence-corrected chi connectivity index (χ0v) is 11.5. The molecule has 0 atom stereocenters. The molecule has 0 radical (unpaired) electrons. The Morgan fingerprint density at radius 2 is 1.90 bits per heavy atom. The number of aryl methyl sites for hydroxylation is 1. The standard InChI is InChI=1S/C14H14F3N3O/c1-3-9-6-4-5-7-10(9)21-12-8-11(18-2)19-13(20-12)14(15,16)17/h4-8H,3H2,1-2H3,(H,18,19,20). The van der Waals surface area contributed by atoms with Gasteiger partial charge in [0.2, 0.25) is 11.7 Å². The highest BCUT2D eigenvalue weighted by atomic mass is 19.4. The molecule has 21 heavy (non-hydrogen) atoms. The van der Waals surface area contributed by atoms with Crippen LogP contribution in [0.5, 0.6) is 11.6 Å². The lowest BCUT2D eigenvalue weighted by atomic mass is 10.1. The molecular weight excluding hydrogens is 283 g/mol. The van der Waals surface area contributed by atoms with Gasteiger partial charge in [0.05, 0.1) is 0 Å². The molecule has 4 nitrogen and oxygen atoms in total. The fourth-order valence-corrected chi connectivity index (χ4v) is 1.74. The van der Waals surface area contributed by atoms with Gasteiger partial charge in [-0.05, 0) is 18.1 Å². The zero-order valence-electron chi connectivity index (χ0n) is 11.5. The van der Waals surface area contributed by atoms with E-state index in [1.165, 1.54) is 13.1 Å². The van der Waals surface area contributed by atoms with Crippen LogP contribution >= 0.6 is 0 Å². The van der Waals surface area contributed by atoms with Gasteiger partial charge in [0.15, 0.2) is 0 Å². The molecule has 0 unspecified atom stereocenters. The van der Waals surface area contributed by atoms with Gasteiger partial charge >= 0.3 is 6.18 Å². The third kappa shape index (κ3) is 3.62. The van der Waals surface area contributed by atoms with E-state index in [2.05, 4.69) is 15.3 Å². The molecule has 0 aliphatic carbocycles. The van der Waals surface area contributed by atoms with Crippen molar-refractivity contribution in [1.29, 1.82) is 0 Å². The quantitative estimate of drug-likeness (QED) is 0.930. The zero-order chi connectivity index (χ0) is 15.5. The van der Waals surface area contributed by atoms with Gasteiger partial charge in [-0.15, -0.1) is 0 Å². The maximum absolute atomic E-state index is 12.8. The first-order valence-corrected chi connectivity index (χ1v) is 6.33. The number of ether oxygens (including phenoxy) is 1. The normalized spacial score (nSPS) is 11.3. The highest BCUT2D eigenvalue weighted by Gasteiger charge is 2.35. The minimum absolute atomic E-state index is 0.0429. The van der Waals surface area contributed by atoms with Crippen molar-refractivity contribution in [2.45, 2.75) is 19.5 Å². The Labute approximate surface area is 120 Å². The number of halogens is 3. The molecule has 0 amide bonds. The van der Waals surface area contributed by atoms with Gasteiger partial charge in [0, 0.05) is 13.1 Å². The van der Waals surface area contributed by atoms with Crippen LogP contribution < -0.4 is 10.1 Å². The summed E-state index contributed by atoms with van der Waals surface area (Å²) in [4.78, 5) is 6.81. The van der Waals surface area contributed by atoms with Crippen LogP contribution in [0.15, 0.2) is 30.3 Å². The summed E-state index contributed by atoms with van der Waals surface area (Å²) < 4.78 is 43.8. The van der Waals surface area contributed by atoms with E-state index in [1.54, 1.807) is 12.1 Å². The minimum atomic E-state index is -4.63. The van der Waals surface area contributed by atoms with Crippen LogP contribution in [-0.2, 0) is 12.6 Å². The minimum Gasteiger partial charge on any atom is -0.439 e. The first-order valence-electron chi connectivity index (χ1n) is 6.33. The Morgan fingerprint density at radius 1 is 1.19 bits per heavy atom. The Kier molecular flexibility index (Phi) is 4.30. The van der Waals surface area contributed by atoms with Crippen LogP contribution in [0.2, 0.25) is 0 Å². The highest BCUT2D eigenvalue weighted by Crippen LogP contribution is 2.31. The van der Waals surface area contributed by atoms with E-state index in [0.717, 1.165) is 5.56 Å². The monoisotopic (exact) mass is 297 g/mol. The van der Waals surface area contributed by atoms with Crippen LogP contribution in [0.3, 0.4) is 0 Å². The van der Waals surface area contributed by atoms with Crippen molar-refractivity contribution in [1.82, 2.24) is 9.97 Å². The van der Waals surface area contributed by atoms with Gasteiger partial charge < -0.3 is 10.1 Å². The van der Waals surface area contributed by atoms with Gasteiger partial charge in [-0.25, -0.2) is 4.98 Å². The molecule has 0 aliphatic rings. The van der Waals surface area contributed by atoms with Crippen LogP contribution in [0, 0.1) is 0 Å². The predicted molar refractivity (Wildman–Crippen MR) is 72.5 cm³/mol. The van der Waals surface area contributed by atoms with Gasteiger partial charge in [0.1, 0.15) is 11.6 Å². The van der Waals surface area contributed by atoms with Gasteiger partial charge in [-0.3, -0.25) is 0 Å². The summed E-state index contributed by atoms with van der Waals surface area (Å²) in [5.41, 5.74) is 0.885. The summed E-state index contributed by atoms with van der Waals surface area (Å²) in [6.07, 6.45) is -3.93. The van der Waals surface area contributed by atoms with Crippen LogP contribution in [-0.4, -0.2) is 17.0 Å². The van der Waals surface area contributed by atoms with Crippen molar-refractivity contribution < 1.29 is 17.9 Å². The van der Waals surface area contributed by atoms with Crippen LogP contribution in [0.25, 0.3) is 0 Å². The van der Waals surface area contributed by atoms with Crippen molar-refractivity contribution in [3.63, 3.8) is 0 Å². The molecule has 0 saturated heterocycles. The maximum Gasteiger partial charge on any atom is 0.451 e. The molecule has 1 N–H and O–H groups in total. The molecule has 1 heterocycles. The molecule has 1 aromatic carbocycles. The van der Waals surface area contributed by atoms with Gasteiger partial charge in [-0.2, -0.15) is 18.2 Å². The van der Waals surface area contributed by atoms with E-state index in [1.807, 2.05) is 19.1 Å². The van der Waals surface area contributed by atoms with Crippen molar-refractivity contribution in [3.05, 3.63) is 41.7 Å². The first-order chi connectivity index (χ1) is 9.94. The summed E-state index contributed by atoms with van der Waals surface area (Å²) in [7, 11) is 1.48. The fraction of sp³-hybridized carbons (Fsp3) is 0.286. The Morgan fingerprint density at radius 3 is 2.52 bits per heavy atom. The number of alkyl halides is 3. The van der Waals surface area contributed by atoms with Crippen molar-refractivity contribution in [2.24, 2.45) is 0 Å². The lowest BCUT2D eigenvalue weighted by Gasteiger charge is -2.12.